The fourth-order valence-electron chi connectivity index (χ4n) is 10.1. The average Bonchev–Trinajstić information content (AvgIpc) is 3.83. The van der Waals surface area contributed by atoms with Crippen LogP contribution in [0.1, 0.15) is 25.0 Å². The molecule has 1 aliphatic carbocycles. The Hall–Kier alpha value is -7.68. The first-order valence-electron chi connectivity index (χ1n) is 21.2. The fraction of sp³-hybridized carbons (Fsp3) is 0.0508. The maximum Gasteiger partial charge on any atom is 0.143 e. The molecule has 0 saturated heterocycles. The van der Waals surface area contributed by atoms with E-state index in [4.69, 9.17) is 4.42 Å². The summed E-state index contributed by atoms with van der Waals surface area (Å²) in [5.74, 6) is 0. The van der Waals surface area contributed by atoms with Crippen LogP contribution in [0.15, 0.2) is 217 Å². The van der Waals surface area contributed by atoms with Gasteiger partial charge in [0.1, 0.15) is 11.2 Å². The summed E-state index contributed by atoms with van der Waals surface area (Å²) < 4.78 is 7.11. The van der Waals surface area contributed by atoms with Crippen molar-refractivity contribution in [3.8, 4) is 44.5 Å². The normalized spacial score (nSPS) is 12.9. The number of hydrogen-bond donors (Lipinski definition) is 0. The van der Waals surface area contributed by atoms with E-state index in [0.29, 0.717) is 0 Å². The molecule has 12 rings (SSSR count). The summed E-state index contributed by atoms with van der Waals surface area (Å²) in [6.07, 6.45) is 0. The van der Waals surface area contributed by atoms with Gasteiger partial charge in [0, 0.05) is 44.2 Å². The molecule has 0 unspecified atom stereocenters. The molecule has 2 nitrogen and oxygen atoms in total. The first kappa shape index (κ1) is 35.3. The van der Waals surface area contributed by atoms with Gasteiger partial charge >= 0.3 is 0 Å². The topological polar surface area (TPSA) is 16.4 Å². The van der Waals surface area contributed by atoms with Crippen LogP contribution in [0.4, 0.5) is 17.1 Å². The summed E-state index contributed by atoms with van der Waals surface area (Å²) in [6.45, 7) is 4.70. The molecule has 0 N–H and O–H groups in total. The monoisotopic (exact) mass is 779 g/mol. The zero-order valence-corrected chi connectivity index (χ0v) is 34.1. The van der Waals surface area contributed by atoms with Crippen molar-refractivity contribution in [2.24, 2.45) is 0 Å². The smallest absolute Gasteiger partial charge is 0.143 e. The number of benzene rings is 10. The zero-order valence-electron chi connectivity index (χ0n) is 34.1. The van der Waals surface area contributed by atoms with E-state index < -0.39 is 0 Å². The zero-order chi connectivity index (χ0) is 40.7. The third-order valence-electron chi connectivity index (χ3n) is 13.1. The van der Waals surface area contributed by atoms with Crippen LogP contribution < -0.4 is 4.90 Å². The molecule has 0 saturated carbocycles. The third-order valence-corrected chi connectivity index (χ3v) is 13.1. The van der Waals surface area contributed by atoms with Crippen molar-refractivity contribution in [2.45, 2.75) is 19.3 Å². The van der Waals surface area contributed by atoms with Gasteiger partial charge in [-0.1, -0.05) is 184 Å². The van der Waals surface area contributed by atoms with E-state index in [9.17, 15) is 0 Å². The van der Waals surface area contributed by atoms with E-state index in [1.54, 1.807) is 0 Å². The van der Waals surface area contributed by atoms with E-state index in [2.05, 4.69) is 231 Å². The Bertz CT molecular complexity index is 3470. The highest BCUT2D eigenvalue weighted by molar-refractivity contribution is 6.31. The molecule has 0 bridgehead atoms. The molecule has 10 aromatic carbocycles. The summed E-state index contributed by atoms with van der Waals surface area (Å²) >= 11 is 0. The van der Waals surface area contributed by atoms with Gasteiger partial charge in [0.2, 0.25) is 0 Å². The summed E-state index contributed by atoms with van der Waals surface area (Å²) in [7, 11) is 0. The number of rotatable bonds is 6. The quantitative estimate of drug-likeness (QED) is 0.156. The van der Waals surface area contributed by atoms with Gasteiger partial charge in [0.25, 0.3) is 0 Å². The Morgan fingerprint density at radius 3 is 1.56 bits per heavy atom. The van der Waals surface area contributed by atoms with Gasteiger partial charge in [0.15, 0.2) is 0 Å². The molecule has 61 heavy (non-hydrogen) atoms. The highest BCUT2D eigenvalue weighted by Gasteiger charge is 2.35. The Balaban J connectivity index is 1.03. The van der Waals surface area contributed by atoms with Crippen molar-refractivity contribution in [2.75, 3.05) is 4.90 Å². The Morgan fingerprint density at radius 1 is 0.344 bits per heavy atom. The number of hydrogen-bond acceptors (Lipinski definition) is 2. The molecule has 1 heterocycles. The second-order valence-corrected chi connectivity index (χ2v) is 16.8. The third kappa shape index (κ3) is 5.49. The van der Waals surface area contributed by atoms with Crippen LogP contribution in [0.5, 0.6) is 0 Å². The van der Waals surface area contributed by atoms with Crippen LogP contribution in [-0.2, 0) is 5.41 Å². The van der Waals surface area contributed by atoms with Crippen molar-refractivity contribution in [3.63, 3.8) is 0 Å². The standard InChI is InChI=1S/C59H41NO/c1-59(2)53-24-14-13-21-48(53)49-34-33-44(37-54(49)59)60(42-29-25-39(26-30-42)38-15-5-3-6-16-38)43-31-27-40(28-32-43)45-35-36-52-56-50-22-11-9-19-46(50)47-20-10-12-23-51(47)57(56)61-58(52)55(45)41-17-7-4-8-18-41/h3-37H,1-2H3. The second kappa shape index (κ2) is 13.7. The molecule has 0 radical (unpaired) electrons. The lowest BCUT2D eigenvalue weighted by Gasteiger charge is -2.28. The molecular formula is C59H41NO. The lowest BCUT2D eigenvalue weighted by Crippen LogP contribution is -2.16. The molecule has 0 amide bonds. The minimum absolute atomic E-state index is 0.115. The Morgan fingerprint density at radius 2 is 0.852 bits per heavy atom. The summed E-state index contributed by atoms with van der Waals surface area (Å²) in [6, 6.07) is 77.1. The van der Waals surface area contributed by atoms with Gasteiger partial charge in [-0.3, -0.25) is 0 Å². The first-order valence-corrected chi connectivity index (χ1v) is 21.2. The van der Waals surface area contributed by atoms with Gasteiger partial charge in [-0.25, -0.2) is 0 Å². The average molecular weight is 780 g/mol. The maximum absolute atomic E-state index is 7.11. The predicted octanol–water partition coefficient (Wildman–Crippen LogP) is 16.7. The van der Waals surface area contributed by atoms with Gasteiger partial charge < -0.3 is 9.32 Å². The Kier molecular flexibility index (Phi) is 7.92. The van der Waals surface area contributed by atoms with Gasteiger partial charge in [-0.2, -0.15) is 0 Å². The molecule has 288 valence electrons. The van der Waals surface area contributed by atoms with Crippen LogP contribution >= 0.6 is 0 Å². The highest BCUT2D eigenvalue weighted by Crippen LogP contribution is 2.51. The molecule has 0 fully saturated rings. The number of nitrogens with zero attached hydrogens (tertiary/aromatic N) is 1. The number of furan rings is 1. The van der Waals surface area contributed by atoms with Crippen LogP contribution in [0.3, 0.4) is 0 Å². The molecule has 2 heteroatoms. The largest absolute Gasteiger partial charge is 0.455 e. The van der Waals surface area contributed by atoms with E-state index in [1.165, 1.54) is 49.5 Å². The summed E-state index contributed by atoms with van der Waals surface area (Å²) in [5, 5.41) is 7.08. The second-order valence-electron chi connectivity index (χ2n) is 16.8. The highest BCUT2D eigenvalue weighted by atomic mass is 16.3. The van der Waals surface area contributed by atoms with Crippen molar-refractivity contribution in [3.05, 3.63) is 223 Å². The minimum Gasteiger partial charge on any atom is -0.455 e. The van der Waals surface area contributed by atoms with Crippen LogP contribution in [-0.4, -0.2) is 0 Å². The van der Waals surface area contributed by atoms with E-state index >= 15 is 0 Å². The number of fused-ring (bicyclic) bond motifs is 11. The molecule has 1 aromatic heterocycles. The molecule has 0 aliphatic heterocycles. The maximum atomic E-state index is 7.11. The minimum atomic E-state index is -0.115. The van der Waals surface area contributed by atoms with E-state index in [0.717, 1.165) is 66.6 Å². The first-order chi connectivity index (χ1) is 30.0. The predicted molar refractivity (Wildman–Crippen MR) is 257 cm³/mol. The van der Waals surface area contributed by atoms with Crippen molar-refractivity contribution in [1.82, 2.24) is 0 Å². The van der Waals surface area contributed by atoms with Crippen molar-refractivity contribution in [1.29, 1.82) is 0 Å². The lowest BCUT2D eigenvalue weighted by molar-refractivity contribution is 0.660. The van der Waals surface area contributed by atoms with Crippen molar-refractivity contribution < 1.29 is 4.42 Å². The molecule has 0 atom stereocenters. The van der Waals surface area contributed by atoms with E-state index in [1.807, 2.05) is 0 Å². The van der Waals surface area contributed by atoms with E-state index in [-0.39, 0.29) is 5.41 Å². The summed E-state index contributed by atoms with van der Waals surface area (Å²) in [4.78, 5) is 2.40. The molecule has 1 aliphatic rings. The van der Waals surface area contributed by atoms with Crippen molar-refractivity contribution >= 4 is 60.5 Å². The molecular weight excluding hydrogens is 739 g/mol. The fourth-order valence-corrected chi connectivity index (χ4v) is 10.1. The van der Waals surface area contributed by atoms with Crippen LogP contribution in [0.25, 0.3) is 88.0 Å². The molecule has 0 spiro atoms. The SMILES string of the molecule is CC1(C)c2ccccc2-c2ccc(N(c3ccc(-c4ccccc4)cc3)c3ccc(-c4ccc5c(oc6c7ccccc7c7ccccc7c56)c4-c4ccccc4)cc3)cc21. The van der Waals surface area contributed by atoms with Gasteiger partial charge in [0.05, 0.1) is 0 Å². The summed E-state index contributed by atoms with van der Waals surface area (Å²) in [5.41, 5.74) is 17.3. The number of anilines is 3. The van der Waals surface area contributed by atoms with Gasteiger partial charge in [-0.05, 0) is 109 Å². The van der Waals surface area contributed by atoms with Gasteiger partial charge in [-0.15, -0.1) is 0 Å². The lowest BCUT2D eigenvalue weighted by atomic mass is 9.82. The van der Waals surface area contributed by atoms with Crippen LogP contribution in [0.2, 0.25) is 0 Å². The Labute approximate surface area is 355 Å². The molecule has 11 aromatic rings. The van der Waals surface area contributed by atoms with Crippen LogP contribution in [0, 0.1) is 0 Å².